The van der Waals surface area contributed by atoms with Gasteiger partial charge in [-0.15, -0.1) is 10.2 Å². The first-order chi connectivity index (χ1) is 9.58. The Morgan fingerprint density at radius 2 is 2.05 bits per heavy atom. The molecule has 0 aromatic carbocycles. The molecule has 0 unspecified atom stereocenters. The van der Waals surface area contributed by atoms with E-state index in [1.54, 1.807) is 0 Å². The molecule has 0 radical (unpaired) electrons. The molecule has 0 spiro atoms. The first-order valence-electron chi connectivity index (χ1n) is 5.81. The van der Waals surface area contributed by atoms with Crippen LogP contribution in [0.2, 0.25) is 5.28 Å². The van der Waals surface area contributed by atoms with E-state index < -0.39 is 0 Å². The van der Waals surface area contributed by atoms with Gasteiger partial charge in [0.15, 0.2) is 4.34 Å². The van der Waals surface area contributed by atoms with Crippen LogP contribution in [0.25, 0.3) is 0 Å². The normalized spacial score (nSPS) is 10.6. The Morgan fingerprint density at radius 3 is 2.70 bits per heavy atom. The van der Waals surface area contributed by atoms with Crippen LogP contribution in [0.3, 0.4) is 0 Å². The Labute approximate surface area is 129 Å². The minimum absolute atomic E-state index is 0.103. The summed E-state index contributed by atoms with van der Waals surface area (Å²) < 4.78 is 6.09. The smallest absolute Gasteiger partial charge is 0.321 e. The van der Waals surface area contributed by atoms with E-state index in [1.807, 2.05) is 25.9 Å². The van der Waals surface area contributed by atoms with Gasteiger partial charge in [0.05, 0.1) is 6.61 Å². The van der Waals surface area contributed by atoms with Crippen molar-refractivity contribution in [3.05, 3.63) is 5.28 Å². The van der Waals surface area contributed by atoms with E-state index in [-0.39, 0.29) is 11.3 Å². The fraction of sp³-hybridized carbons (Fsp3) is 0.500. The van der Waals surface area contributed by atoms with Gasteiger partial charge in [0.1, 0.15) is 0 Å². The average molecular weight is 333 g/mol. The predicted molar refractivity (Wildman–Crippen MR) is 79.0 cm³/mol. The third-order valence-corrected chi connectivity index (χ3v) is 4.14. The van der Waals surface area contributed by atoms with Gasteiger partial charge in [0.25, 0.3) is 0 Å². The van der Waals surface area contributed by atoms with Gasteiger partial charge < -0.3 is 9.64 Å². The maximum absolute atomic E-state index is 5.85. The van der Waals surface area contributed by atoms with Crippen molar-refractivity contribution in [1.29, 1.82) is 0 Å². The van der Waals surface area contributed by atoms with E-state index in [0.29, 0.717) is 11.8 Å². The predicted octanol–water partition coefficient (Wildman–Crippen LogP) is 2.38. The Morgan fingerprint density at radius 1 is 1.25 bits per heavy atom. The van der Waals surface area contributed by atoms with Crippen molar-refractivity contribution in [3.63, 3.8) is 0 Å². The highest BCUT2D eigenvalue weighted by molar-refractivity contribution is 8.00. The molecule has 10 heteroatoms. The summed E-state index contributed by atoms with van der Waals surface area (Å²) in [7, 11) is 3.82. The summed E-state index contributed by atoms with van der Waals surface area (Å²) >= 11 is 8.58. The van der Waals surface area contributed by atoms with Crippen LogP contribution >= 0.6 is 34.7 Å². The monoisotopic (exact) mass is 332 g/mol. The fourth-order valence-electron chi connectivity index (χ4n) is 1.12. The molecular weight excluding hydrogens is 320 g/mol. The lowest BCUT2D eigenvalue weighted by molar-refractivity contribution is 0.288. The van der Waals surface area contributed by atoms with Gasteiger partial charge in [-0.1, -0.05) is 18.3 Å². The van der Waals surface area contributed by atoms with Crippen molar-refractivity contribution in [3.8, 4) is 6.01 Å². The molecule has 20 heavy (non-hydrogen) atoms. The SMILES string of the molecule is CCCOc1nc(Cl)nc(Sc2nnc(N(C)C)s2)n1. The number of hydrogen-bond donors (Lipinski definition) is 0. The highest BCUT2D eigenvalue weighted by Crippen LogP contribution is 2.31. The van der Waals surface area contributed by atoms with Crippen molar-refractivity contribution in [2.75, 3.05) is 25.6 Å². The first kappa shape index (κ1) is 15.2. The number of halogens is 1. The number of ether oxygens (including phenoxy) is 1. The lowest BCUT2D eigenvalue weighted by atomic mass is 10.5. The summed E-state index contributed by atoms with van der Waals surface area (Å²) in [5.41, 5.74) is 0. The van der Waals surface area contributed by atoms with Gasteiger partial charge in [-0.3, -0.25) is 0 Å². The van der Waals surface area contributed by atoms with Crippen LogP contribution < -0.4 is 9.64 Å². The van der Waals surface area contributed by atoms with Crippen molar-refractivity contribution in [1.82, 2.24) is 25.1 Å². The summed E-state index contributed by atoms with van der Waals surface area (Å²) in [5, 5.41) is 9.46. The van der Waals surface area contributed by atoms with E-state index in [1.165, 1.54) is 23.1 Å². The van der Waals surface area contributed by atoms with Gasteiger partial charge in [-0.2, -0.15) is 15.0 Å². The zero-order chi connectivity index (χ0) is 14.5. The van der Waals surface area contributed by atoms with E-state index in [9.17, 15) is 0 Å². The molecule has 0 bridgehead atoms. The molecule has 0 saturated heterocycles. The topological polar surface area (TPSA) is 76.9 Å². The maximum Gasteiger partial charge on any atom is 0.321 e. The summed E-state index contributed by atoms with van der Waals surface area (Å²) in [4.78, 5) is 14.0. The molecule has 0 aliphatic carbocycles. The van der Waals surface area contributed by atoms with Crippen LogP contribution in [-0.2, 0) is 0 Å². The number of anilines is 1. The molecule has 2 heterocycles. The van der Waals surface area contributed by atoms with Crippen LogP contribution in [-0.4, -0.2) is 45.9 Å². The quantitative estimate of drug-likeness (QED) is 0.798. The van der Waals surface area contributed by atoms with Crippen molar-refractivity contribution in [2.45, 2.75) is 22.8 Å². The van der Waals surface area contributed by atoms with Crippen LogP contribution in [0, 0.1) is 0 Å². The second-order valence-corrected chi connectivity index (χ2v) is 6.37. The summed E-state index contributed by atoms with van der Waals surface area (Å²) in [5.74, 6) is 0. The van der Waals surface area contributed by atoms with E-state index in [2.05, 4.69) is 25.1 Å². The molecule has 2 aromatic heterocycles. The van der Waals surface area contributed by atoms with E-state index >= 15 is 0 Å². The lowest BCUT2D eigenvalue weighted by Gasteiger charge is -2.04. The van der Waals surface area contributed by atoms with Gasteiger partial charge >= 0.3 is 6.01 Å². The van der Waals surface area contributed by atoms with Crippen molar-refractivity contribution in [2.24, 2.45) is 0 Å². The molecule has 0 aliphatic heterocycles. The zero-order valence-corrected chi connectivity index (χ0v) is 13.6. The number of nitrogens with zero attached hydrogens (tertiary/aromatic N) is 6. The van der Waals surface area contributed by atoms with Gasteiger partial charge in [-0.25, -0.2) is 0 Å². The second-order valence-electron chi connectivity index (χ2n) is 3.87. The van der Waals surface area contributed by atoms with Crippen LogP contribution in [0.4, 0.5) is 5.13 Å². The van der Waals surface area contributed by atoms with Crippen LogP contribution in [0.1, 0.15) is 13.3 Å². The minimum atomic E-state index is 0.103. The molecule has 0 N–H and O–H groups in total. The Kier molecular flexibility index (Phi) is 5.32. The Balaban J connectivity index is 2.13. The molecule has 0 fully saturated rings. The Hall–Kier alpha value is -1.19. The molecule has 0 aliphatic rings. The lowest BCUT2D eigenvalue weighted by Crippen LogP contribution is -2.07. The van der Waals surface area contributed by atoms with E-state index in [4.69, 9.17) is 16.3 Å². The van der Waals surface area contributed by atoms with Crippen LogP contribution in [0.5, 0.6) is 6.01 Å². The van der Waals surface area contributed by atoms with Gasteiger partial charge in [0, 0.05) is 14.1 Å². The Bertz CT molecular complexity index is 579. The molecule has 7 nitrogen and oxygen atoms in total. The van der Waals surface area contributed by atoms with Gasteiger partial charge in [-0.05, 0) is 29.8 Å². The molecule has 0 amide bonds. The first-order valence-corrected chi connectivity index (χ1v) is 7.82. The van der Waals surface area contributed by atoms with Crippen molar-refractivity contribution < 1.29 is 4.74 Å². The summed E-state index contributed by atoms with van der Waals surface area (Å²) in [6.07, 6.45) is 0.869. The standard InChI is InChI=1S/C10H13ClN6OS2/c1-4-5-18-7-12-6(11)13-8(14-7)19-10-16-15-9(20-10)17(2)3/h4-5H2,1-3H3. The number of rotatable bonds is 6. The third-order valence-electron chi connectivity index (χ3n) is 1.96. The largest absolute Gasteiger partial charge is 0.463 e. The van der Waals surface area contributed by atoms with Gasteiger partial charge in [0.2, 0.25) is 15.6 Å². The molecule has 2 rings (SSSR count). The highest BCUT2D eigenvalue weighted by atomic mass is 35.5. The summed E-state index contributed by atoms with van der Waals surface area (Å²) in [6.45, 7) is 2.54. The molecular formula is C10H13ClN6OS2. The second kappa shape index (κ2) is 7.00. The average Bonchev–Trinajstić information content (AvgIpc) is 2.84. The molecule has 0 atom stereocenters. The highest BCUT2D eigenvalue weighted by Gasteiger charge is 2.12. The minimum Gasteiger partial charge on any atom is -0.463 e. The van der Waals surface area contributed by atoms with E-state index in [0.717, 1.165) is 15.9 Å². The summed E-state index contributed by atoms with van der Waals surface area (Å²) in [6, 6.07) is 0.228. The number of hydrogen-bond acceptors (Lipinski definition) is 9. The molecule has 0 saturated carbocycles. The van der Waals surface area contributed by atoms with Crippen molar-refractivity contribution >= 4 is 39.8 Å². The third kappa shape index (κ3) is 4.15. The fourth-order valence-corrected chi connectivity index (χ4v) is 2.93. The van der Waals surface area contributed by atoms with Crippen LogP contribution in [0.15, 0.2) is 9.50 Å². The molecule has 108 valence electrons. The molecule has 2 aromatic rings. The zero-order valence-electron chi connectivity index (χ0n) is 11.2. The number of aromatic nitrogens is 5. The maximum atomic E-state index is 5.85.